The van der Waals surface area contributed by atoms with Crippen LogP contribution in [0.4, 0.5) is 10.9 Å². The first-order chi connectivity index (χ1) is 14.3. The summed E-state index contributed by atoms with van der Waals surface area (Å²) in [5, 5.41) is 6.31. The van der Waals surface area contributed by atoms with Crippen LogP contribution in [0.25, 0.3) is 0 Å². The molecule has 0 atom stereocenters. The number of halogens is 2. The molecule has 1 aliphatic carbocycles. The molecule has 5 nitrogen and oxygen atoms in total. The van der Waals surface area contributed by atoms with Crippen molar-refractivity contribution in [2.24, 2.45) is 0 Å². The van der Waals surface area contributed by atoms with Crippen molar-refractivity contribution in [3.8, 4) is 11.5 Å². The summed E-state index contributed by atoms with van der Waals surface area (Å²) in [5.74, 6) is 2.72. The molecule has 5 rings (SSSR count). The Hall–Kier alpha value is -2.32. The molecule has 0 unspecified atom stereocenters. The number of hydrogen-bond acceptors (Lipinski definition) is 7. The molecule has 1 N–H and O–H groups in total. The number of para-hydroxylation sites is 1. The molecule has 1 fully saturated rings. The summed E-state index contributed by atoms with van der Waals surface area (Å²) in [6, 6.07) is 15.7. The highest BCUT2D eigenvalue weighted by atomic mass is 35.5. The van der Waals surface area contributed by atoms with Crippen LogP contribution in [0.15, 0.2) is 82.3 Å². The molecular formula is C22H20Cl2N4OS2. The Labute approximate surface area is 201 Å². The molecule has 3 heterocycles. The normalized spacial score (nSPS) is 12.4. The van der Waals surface area contributed by atoms with E-state index in [1.807, 2.05) is 54.7 Å². The number of thiazole rings is 1. The van der Waals surface area contributed by atoms with Gasteiger partial charge in [-0.05, 0) is 37.1 Å². The van der Waals surface area contributed by atoms with Gasteiger partial charge in [-0.15, -0.1) is 36.2 Å². The second-order valence-electron chi connectivity index (χ2n) is 6.69. The number of benzene rings is 1. The Bertz CT molecular complexity index is 1110. The fourth-order valence-corrected chi connectivity index (χ4v) is 4.42. The highest BCUT2D eigenvalue weighted by molar-refractivity contribution is 7.99. The summed E-state index contributed by atoms with van der Waals surface area (Å²) in [5.41, 5.74) is 1.17. The highest BCUT2D eigenvalue weighted by Gasteiger charge is 2.26. The van der Waals surface area contributed by atoms with Gasteiger partial charge in [-0.25, -0.2) is 9.97 Å². The Balaban J connectivity index is 0.00000136. The van der Waals surface area contributed by atoms with E-state index in [-0.39, 0.29) is 24.8 Å². The van der Waals surface area contributed by atoms with Crippen LogP contribution in [-0.2, 0) is 0 Å². The minimum Gasteiger partial charge on any atom is -0.453 e. The smallest absolute Gasteiger partial charge is 0.188 e. The quantitative estimate of drug-likeness (QED) is 0.292. The summed E-state index contributed by atoms with van der Waals surface area (Å²) in [4.78, 5) is 15.5. The fraction of sp³-hybridized carbons (Fsp3) is 0.136. The van der Waals surface area contributed by atoms with Crippen LogP contribution in [0.2, 0.25) is 0 Å². The summed E-state index contributed by atoms with van der Waals surface area (Å²) in [6.07, 6.45) is 7.90. The number of anilines is 2. The molecule has 9 heteroatoms. The van der Waals surface area contributed by atoms with Crippen LogP contribution in [0.1, 0.15) is 24.5 Å². The molecule has 0 bridgehead atoms. The van der Waals surface area contributed by atoms with Gasteiger partial charge in [0.25, 0.3) is 0 Å². The molecule has 160 valence electrons. The van der Waals surface area contributed by atoms with Crippen LogP contribution in [0.3, 0.4) is 0 Å². The lowest BCUT2D eigenvalue weighted by Gasteiger charge is -2.12. The predicted octanol–water partition coefficient (Wildman–Crippen LogP) is 7.34. The van der Waals surface area contributed by atoms with E-state index >= 15 is 0 Å². The molecular weight excluding hydrogens is 471 g/mol. The van der Waals surface area contributed by atoms with Gasteiger partial charge in [0, 0.05) is 45.7 Å². The number of nitrogens with zero attached hydrogens (tertiary/aromatic N) is 3. The summed E-state index contributed by atoms with van der Waals surface area (Å²) < 4.78 is 6.15. The maximum absolute atomic E-state index is 6.15. The lowest BCUT2D eigenvalue weighted by molar-refractivity contribution is 0.481. The van der Waals surface area contributed by atoms with Crippen molar-refractivity contribution >= 4 is 58.9 Å². The predicted molar refractivity (Wildman–Crippen MR) is 131 cm³/mol. The molecule has 31 heavy (non-hydrogen) atoms. The van der Waals surface area contributed by atoms with Gasteiger partial charge < -0.3 is 10.1 Å². The maximum Gasteiger partial charge on any atom is 0.188 e. The fourth-order valence-electron chi connectivity index (χ4n) is 2.82. The van der Waals surface area contributed by atoms with Crippen molar-refractivity contribution in [3.63, 3.8) is 0 Å². The zero-order valence-corrected chi connectivity index (χ0v) is 19.6. The maximum atomic E-state index is 6.15. The summed E-state index contributed by atoms with van der Waals surface area (Å²) in [7, 11) is 0. The number of hydrogen-bond donors (Lipinski definition) is 1. The van der Waals surface area contributed by atoms with E-state index in [2.05, 4.69) is 20.7 Å². The minimum absolute atomic E-state index is 0. The van der Waals surface area contributed by atoms with Crippen molar-refractivity contribution in [1.29, 1.82) is 0 Å². The first kappa shape index (κ1) is 23.3. The minimum atomic E-state index is 0. The third-order valence-corrected chi connectivity index (χ3v) is 6.17. The van der Waals surface area contributed by atoms with E-state index in [1.165, 1.54) is 18.5 Å². The standard InChI is InChI=1S/C22H18N4OS2.2ClH/c1-2-4-16(5-3-1)27-20-12-18(29-17-8-10-23-11-9-17)13-24-21(20)26-22-25-19(14-28-22)15-6-7-15;;/h1-5,8-15H,6-7H2,(H,24,25,26);2*1H. The molecule has 0 amide bonds. The van der Waals surface area contributed by atoms with Crippen LogP contribution in [0, 0.1) is 0 Å². The molecule has 3 aromatic heterocycles. The summed E-state index contributed by atoms with van der Waals surface area (Å²) in [6.45, 7) is 0. The van der Waals surface area contributed by atoms with E-state index in [1.54, 1.807) is 35.5 Å². The average molecular weight is 491 g/mol. The monoisotopic (exact) mass is 490 g/mol. The van der Waals surface area contributed by atoms with Gasteiger partial charge in [0.05, 0.1) is 5.69 Å². The second-order valence-corrected chi connectivity index (χ2v) is 8.70. The lowest BCUT2D eigenvalue weighted by Crippen LogP contribution is -1.98. The van der Waals surface area contributed by atoms with Crippen molar-refractivity contribution in [2.45, 2.75) is 28.6 Å². The number of pyridine rings is 2. The van der Waals surface area contributed by atoms with Gasteiger partial charge in [0.15, 0.2) is 16.7 Å². The molecule has 0 radical (unpaired) electrons. The van der Waals surface area contributed by atoms with Gasteiger partial charge in [0.1, 0.15) is 5.75 Å². The Morgan fingerprint density at radius 2 is 1.77 bits per heavy atom. The molecule has 4 aromatic rings. The number of rotatable bonds is 7. The largest absolute Gasteiger partial charge is 0.453 e. The van der Waals surface area contributed by atoms with Crippen molar-refractivity contribution in [1.82, 2.24) is 15.0 Å². The van der Waals surface area contributed by atoms with Crippen LogP contribution in [0.5, 0.6) is 11.5 Å². The molecule has 0 aliphatic heterocycles. The van der Waals surface area contributed by atoms with Gasteiger partial charge in [-0.3, -0.25) is 4.98 Å². The molecule has 0 spiro atoms. The third kappa shape index (κ3) is 6.11. The van der Waals surface area contributed by atoms with E-state index < -0.39 is 0 Å². The Morgan fingerprint density at radius 3 is 2.52 bits per heavy atom. The Kier molecular flexibility index (Phi) is 8.15. The van der Waals surface area contributed by atoms with Gasteiger partial charge in [0.2, 0.25) is 0 Å². The van der Waals surface area contributed by atoms with Crippen LogP contribution in [-0.4, -0.2) is 15.0 Å². The SMILES string of the molecule is Cl.Cl.c1ccc(Oc2cc(Sc3ccncc3)cnc2Nc2nc(C3CC3)cs2)cc1. The molecule has 1 saturated carbocycles. The van der Waals surface area contributed by atoms with Crippen molar-refractivity contribution < 1.29 is 4.74 Å². The van der Waals surface area contributed by atoms with Gasteiger partial charge in [-0.2, -0.15) is 0 Å². The van der Waals surface area contributed by atoms with E-state index in [0.29, 0.717) is 17.5 Å². The van der Waals surface area contributed by atoms with E-state index in [4.69, 9.17) is 9.72 Å². The average Bonchev–Trinajstić information content (AvgIpc) is 3.50. The third-order valence-electron chi connectivity index (χ3n) is 4.43. The highest BCUT2D eigenvalue weighted by Crippen LogP contribution is 2.42. The molecule has 1 aromatic carbocycles. The molecule has 1 aliphatic rings. The summed E-state index contributed by atoms with van der Waals surface area (Å²) >= 11 is 3.22. The first-order valence-electron chi connectivity index (χ1n) is 9.37. The van der Waals surface area contributed by atoms with Gasteiger partial charge in [-0.1, -0.05) is 30.0 Å². The lowest BCUT2D eigenvalue weighted by atomic mass is 10.3. The van der Waals surface area contributed by atoms with Crippen molar-refractivity contribution in [2.75, 3.05) is 5.32 Å². The topological polar surface area (TPSA) is 59.9 Å². The second kappa shape index (κ2) is 10.8. The number of nitrogens with one attached hydrogen (secondary N) is 1. The number of ether oxygens (including phenoxy) is 1. The molecule has 0 saturated heterocycles. The Morgan fingerprint density at radius 1 is 1.00 bits per heavy atom. The van der Waals surface area contributed by atoms with Crippen LogP contribution < -0.4 is 10.1 Å². The van der Waals surface area contributed by atoms with Crippen LogP contribution >= 0.6 is 47.9 Å². The zero-order valence-electron chi connectivity index (χ0n) is 16.3. The zero-order chi connectivity index (χ0) is 19.5. The van der Waals surface area contributed by atoms with Crippen molar-refractivity contribution in [3.05, 3.63) is 78.2 Å². The first-order valence-corrected chi connectivity index (χ1v) is 11.1. The number of aromatic nitrogens is 3. The van der Waals surface area contributed by atoms with E-state index in [9.17, 15) is 0 Å². The van der Waals surface area contributed by atoms with Gasteiger partial charge >= 0.3 is 0 Å². The van der Waals surface area contributed by atoms with E-state index in [0.717, 1.165) is 20.7 Å².